The molecule has 0 N–H and O–H groups in total. The molecule has 0 bridgehead atoms. The maximum absolute atomic E-state index is 2.71. The fourth-order valence-electron chi connectivity index (χ4n) is 6.63. The van der Waals surface area contributed by atoms with E-state index < -0.39 is 8.07 Å². The summed E-state index contributed by atoms with van der Waals surface area (Å²) in [6, 6.07) is 22.8. The van der Waals surface area contributed by atoms with Crippen LogP contribution in [0.1, 0.15) is 109 Å². The minimum atomic E-state index is -2.71. The van der Waals surface area contributed by atoms with Crippen molar-refractivity contribution in [3.05, 3.63) is 109 Å². The van der Waals surface area contributed by atoms with Crippen molar-refractivity contribution in [3.63, 3.8) is 0 Å². The molecule has 1 aliphatic rings. The van der Waals surface area contributed by atoms with Gasteiger partial charge in [0.2, 0.25) is 0 Å². The Hall–Kier alpha value is -1.06. The second kappa shape index (κ2) is 15.7. The summed E-state index contributed by atoms with van der Waals surface area (Å²) in [6.45, 7) is 25.8. The van der Waals surface area contributed by atoms with Crippen LogP contribution < -0.4 is 52.8 Å². The van der Waals surface area contributed by atoms with Gasteiger partial charge in [-0.1, -0.05) is 0 Å². The first kappa shape index (κ1) is 41.0. The van der Waals surface area contributed by atoms with Crippen LogP contribution in [-0.4, -0.2) is 8.07 Å². The largest absolute Gasteiger partial charge is 1.00 e. The van der Waals surface area contributed by atoms with Gasteiger partial charge in [-0.25, -0.2) is 0 Å². The van der Waals surface area contributed by atoms with E-state index in [1.54, 1.807) is 25.0 Å². The van der Waals surface area contributed by atoms with E-state index in [0.29, 0.717) is 0 Å². The molecule has 44 heavy (non-hydrogen) atoms. The van der Waals surface area contributed by atoms with Gasteiger partial charge >= 0.3 is 265 Å². The summed E-state index contributed by atoms with van der Waals surface area (Å²) < 4.78 is 1.56. The summed E-state index contributed by atoms with van der Waals surface area (Å²) in [6.07, 6.45) is 6.80. The summed E-state index contributed by atoms with van der Waals surface area (Å²) >= 11 is 2.42. The fourth-order valence-corrected chi connectivity index (χ4v) is 13.5. The van der Waals surface area contributed by atoms with Gasteiger partial charge in [0.05, 0.1) is 0 Å². The van der Waals surface area contributed by atoms with Crippen LogP contribution in [0, 0.1) is 13.8 Å². The van der Waals surface area contributed by atoms with E-state index in [-0.39, 0.29) is 48.1 Å². The second-order valence-corrected chi connectivity index (χ2v) is 19.0. The molecule has 1 unspecified atom stereocenters. The number of halogens is 3. The summed E-state index contributed by atoms with van der Waals surface area (Å²) in [5.41, 5.74) is 10.2. The van der Waals surface area contributed by atoms with Gasteiger partial charge in [-0.05, 0) is 0 Å². The van der Waals surface area contributed by atoms with E-state index in [1.807, 2.05) is 0 Å². The fraction of sp³-hybridized carbons (Fsp3) is 0.436. The Morgan fingerprint density at radius 1 is 0.591 bits per heavy atom. The summed E-state index contributed by atoms with van der Waals surface area (Å²) in [5.74, 6) is 0. The standard InChI is InChI=1S/C39H51Si.3ClH.Ti/c1-12-29-21-30(13-2)23-35(22-29)40(37-17-15-16-31(37)14-3,34-19-27(4)18-28(5)20-34)36-25-32(38(6,7)8)24-33(26-36)39(9,10)11;;;;/h16,18-26H,12-15H2,1-11H3;3*1H;/q;;;;+3/p-3. The van der Waals surface area contributed by atoms with Crippen LogP contribution in [0.5, 0.6) is 0 Å². The van der Waals surface area contributed by atoms with Crippen molar-refractivity contribution in [2.45, 2.75) is 113 Å². The molecule has 4 rings (SSSR count). The Morgan fingerprint density at radius 3 is 1.43 bits per heavy atom. The van der Waals surface area contributed by atoms with Gasteiger partial charge in [0.25, 0.3) is 0 Å². The quantitative estimate of drug-likeness (QED) is 0.232. The molecule has 0 heterocycles. The van der Waals surface area contributed by atoms with Gasteiger partial charge in [-0.3, -0.25) is 0 Å². The number of hydrogen-bond acceptors (Lipinski definition) is 0. The van der Waals surface area contributed by atoms with Crippen LogP contribution >= 0.6 is 0 Å². The van der Waals surface area contributed by atoms with Gasteiger partial charge in [0.1, 0.15) is 0 Å². The van der Waals surface area contributed by atoms with Crippen LogP contribution in [0.4, 0.5) is 0 Å². The average molecular weight is 702 g/mol. The molecule has 0 aliphatic heterocycles. The Morgan fingerprint density at radius 2 is 1.02 bits per heavy atom. The normalized spacial score (nSPS) is 14.7. The topological polar surface area (TPSA) is 0 Å². The Kier molecular flexibility index (Phi) is 14.6. The minimum absolute atomic E-state index is 0. The van der Waals surface area contributed by atoms with Crippen molar-refractivity contribution in [2.24, 2.45) is 0 Å². The zero-order valence-electron chi connectivity index (χ0n) is 28.7. The smallest absolute Gasteiger partial charge is 1.00 e. The van der Waals surface area contributed by atoms with Crippen molar-refractivity contribution in [1.82, 2.24) is 0 Å². The van der Waals surface area contributed by atoms with Crippen LogP contribution in [-0.2, 0) is 44.1 Å². The van der Waals surface area contributed by atoms with Crippen molar-refractivity contribution in [1.29, 1.82) is 0 Å². The molecular weight excluding hydrogens is 651 g/mol. The van der Waals surface area contributed by atoms with Crippen LogP contribution in [0.25, 0.3) is 0 Å². The van der Waals surface area contributed by atoms with E-state index in [2.05, 4.69) is 157 Å². The first-order chi connectivity index (χ1) is 19.1. The summed E-state index contributed by atoms with van der Waals surface area (Å²) in [5, 5.41) is 6.30. The molecule has 5 heteroatoms. The third-order valence-corrected chi connectivity index (χ3v) is 14.9. The monoisotopic (exact) mass is 700 g/mol. The predicted molar refractivity (Wildman–Crippen MR) is 180 cm³/mol. The number of allylic oxidation sites excluding steroid dienone is 4. The zero-order chi connectivity index (χ0) is 30.3. The predicted octanol–water partition coefficient (Wildman–Crippen LogP) is -0.414. The molecule has 3 aromatic rings. The number of rotatable bonds is 7. The Balaban J connectivity index is 0.00000323. The molecule has 0 saturated carbocycles. The molecule has 0 aromatic heterocycles. The Labute approximate surface area is 300 Å². The SMILES string of the molecule is CCC1=CC[C]([Ti+3])=C1[Si](c1cc(C)cc(C)c1)(c1cc(CC)cc(CC)c1)c1cc(C(C)(C)C)cc(C(C)(C)C)c1.[Cl-].[Cl-].[Cl-]. The van der Waals surface area contributed by atoms with Gasteiger partial charge in [-0.2, -0.15) is 0 Å². The molecule has 1 atom stereocenters. The third-order valence-electron chi connectivity index (χ3n) is 8.99. The maximum atomic E-state index is 2.62. The van der Waals surface area contributed by atoms with E-state index >= 15 is 0 Å². The first-order valence-corrected chi connectivity index (χ1v) is 18.5. The molecular formula is C39H51Cl3SiTi. The van der Waals surface area contributed by atoms with Gasteiger partial charge in [0.15, 0.2) is 0 Å². The molecule has 236 valence electrons. The number of benzene rings is 3. The maximum Gasteiger partial charge on any atom is -1.00 e. The molecule has 1 aliphatic carbocycles. The molecule has 0 spiro atoms. The van der Waals surface area contributed by atoms with Crippen molar-refractivity contribution in [2.75, 3.05) is 0 Å². The molecule has 0 radical (unpaired) electrons. The Bertz CT molecular complexity index is 1450. The zero-order valence-corrected chi connectivity index (χ0v) is 33.6. The van der Waals surface area contributed by atoms with E-state index in [4.69, 9.17) is 0 Å². The van der Waals surface area contributed by atoms with Crippen LogP contribution in [0.2, 0.25) is 0 Å². The van der Waals surface area contributed by atoms with E-state index in [0.717, 1.165) is 25.7 Å². The van der Waals surface area contributed by atoms with Gasteiger partial charge in [-0.15, -0.1) is 0 Å². The van der Waals surface area contributed by atoms with E-state index in [9.17, 15) is 0 Å². The molecule has 0 saturated heterocycles. The van der Waals surface area contributed by atoms with E-state index in [1.165, 1.54) is 38.6 Å². The molecule has 0 fully saturated rings. The summed E-state index contributed by atoms with van der Waals surface area (Å²) in [4.78, 5) is 0. The van der Waals surface area contributed by atoms with Gasteiger partial charge in [0, 0.05) is 0 Å². The summed E-state index contributed by atoms with van der Waals surface area (Å²) in [7, 11) is -2.71. The van der Waals surface area contributed by atoms with Crippen molar-refractivity contribution >= 4 is 23.6 Å². The van der Waals surface area contributed by atoms with Crippen LogP contribution in [0.3, 0.4) is 0 Å². The van der Waals surface area contributed by atoms with Crippen LogP contribution in [0.15, 0.2) is 75.3 Å². The molecule has 3 aromatic carbocycles. The third kappa shape index (κ3) is 8.07. The molecule has 0 amide bonds. The van der Waals surface area contributed by atoms with Crippen molar-refractivity contribution < 1.29 is 57.7 Å². The van der Waals surface area contributed by atoms with Crippen molar-refractivity contribution in [3.8, 4) is 0 Å². The number of aryl methyl sites for hydroxylation is 4. The average Bonchev–Trinajstić information content (AvgIpc) is 3.28. The number of hydrogen-bond donors (Lipinski definition) is 0. The minimum Gasteiger partial charge on any atom is -1.00 e. The first-order valence-electron chi connectivity index (χ1n) is 15.7. The van der Waals surface area contributed by atoms with Gasteiger partial charge < -0.3 is 37.2 Å². The second-order valence-electron chi connectivity index (χ2n) is 14.3. The molecule has 0 nitrogen and oxygen atoms in total.